The lowest BCUT2D eigenvalue weighted by Gasteiger charge is -2.17. The van der Waals surface area contributed by atoms with Gasteiger partial charge in [0.15, 0.2) is 0 Å². The smallest absolute Gasteiger partial charge is 0.338 e. The summed E-state index contributed by atoms with van der Waals surface area (Å²) in [4.78, 5) is 14.7. The fourth-order valence-corrected chi connectivity index (χ4v) is 2.83. The Balaban J connectivity index is 1.86. The monoisotopic (exact) mass is 311 g/mol. The van der Waals surface area contributed by atoms with E-state index in [0.717, 1.165) is 36.0 Å². The van der Waals surface area contributed by atoms with Crippen LogP contribution in [0.1, 0.15) is 24.2 Å². The molecule has 0 N–H and O–H groups in total. The standard InChI is InChI=1S/C19H21NO3/c1-3-20(4-2)12-13-22-19(21)15-9-7-11-17-18(15)14-8-5-6-10-16(14)23-17/h5-11H,3-4,12-13H2,1-2H3. The van der Waals surface area contributed by atoms with E-state index in [1.54, 1.807) is 6.07 Å². The summed E-state index contributed by atoms with van der Waals surface area (Å²) < 4.78 is 11.3. The quantitative estimate of drug-likeness (QED) is 0.643. The van der Waals surface area contributed by atoms with E-state index in [1.165, 1.54) is 0 Å². The van der Waals surface area contributed by atoms with Gasteiger partial charge in [-0.2, -0.15) is 0 Å². The molecule has 2 aromatic carbocycles. The number of carbonyl (C=O) groups is 1. The second-order valence-electron chi connectivity index (χ2n) is 5.44. The highest BCUT2D eigenvalue weighted by molar-refractivity contribution is 6.15. The van der Waals surface area contributed by atoms with Gasteiger partial charge < -0.3 is 14.1 Å². The van der Waals surface area contributed by atoms with Crippen molar-refractivity contribution in [2.75, 3.05) is 26.2 Å². The Bertz CT molecular complexity index is 818. The predicted octanol–water partition coefficient (Wildman–Crippen LogP) is 4.08. The molecule has 1 aromatic heterocycles. The maximum absolute atomic E-state index is 12.5. The van der Waals surface area contributed by atoms with Crippen LogP contribution in [0.2, 0.25) is 0 Å². The Labute approximate surface area is 135 Å². The van der Waals surface area contributed by atoms with Crippen LogP contribution in [0.25, 0.3) is 21.9 Å². The fourth-order valence-electron chi connectivity index (χ4n) is 2.83. The summed E-state index contributed by atoms with van der Waals surface area (Å²) in [7, 11) is 0. The third-order valence-electron chi connectivity index (χ3n) is 4.16. The van der Waals surface area contributed by atoms with Crippen molar-refractivity contribution in [3.63, 3.8) is 0 Å². The highest BCUT2D eigenvalue weighted by Crippen LogP contribution is 2.31. The van der Waals surface area contributed by atoms with Crippen LogP contribution >= 0.6 is 0 Å². The van der Waals surface area contributed by atoms with Crippen molar-refractivity contribution in [3.8, 4) is 0 Å². The third kappa shape index (κ3) is 3.08. The molecule has 1 heterocycles. The minimum absolute atomic E-state index is 0.297. The summed E-state index contributed by atoms with van der Waals surface area (Å²) in [5, 5.41) is 1.77. The van der Waals surface area contributed by atoms with Crippen LogP contribution < -0.4 is 0 Å². The van der Waals surface area contributed by atoms with E-state index in [1.807, 2.05) is 36.4 Å². The van der Waals surface area contributed by atoms with Crippen molar-refractivity contribution >= 4 is 27.9 Å². The Morgan fingerprint density at radius 1 is 1.04 bits per heavy atom. The average molecular weight is 311 g/mol. The van der Waals surface area contributed by atoms with Crippen LogP contribution in [0, 0.1) is 0 Å². The molecule has 4 nitrogen and oxygen atoms in total. The number of hydrogen-bond donors (Lipinski definition) is 0. The average Bonchev–Trinajstić information content (AvgIpc) is 2.97. The molecule has 0 saturated heterocycles. The summed E-state index contributed by atoms with van der Waals surface area (Å²) in [6.07, 6.45) is 0. The highest BCUT2D eigenvalue weighted by Gasteiger charge is 2.16. The van der Waals surface area contributed by atoms with Crippen LogP contribution in [-0.4, -0.2) is 37.1 Å². The van der Waals surface area contributed by atoms with Gasteiger partial charge in [0.05, 0.1) is 5.56 Å². The first-order valence-electron chi connectivity index (χ1n) is 8.04. The number of esters is 1. The van der Waals surface area contributed by atoms with E-state index in [9.17, 15) is 4.79 Å². The molecule has 120 valence electrons. The van der Waals surface area contributed by atoms with E-state index >= 15 is 0 Å². The van der Waals surface area contributed by atoms with Gasteiger partial charge in [0.1, 0.15) is 17.8 Å². The topological polar surface area (TPSA) is 42.7 Å². The van der Waals surface area contributed by atoms with E-state index < -0.39 is 0 Å². The van der Waals surface area contributed by atoms with Gasteiger partial charge in [-0.15, -0.1) is 0 Å². The summed E-state index contributed by atoms with van der Waals surface area (Å²) >= 11 is 0. The largest absolute Gasteiger partial charge is 0.461 e. The summed E-state index contributed by atoms with van der Waals surface area (Å²) in [5.74, 6) is -0.297. The second kappa shape index (κ2) is 6.84. The lowest BCUT2D eigenvalue weighted by Crippen LogP contribution is -2.27. The molecule has 0 fully saturated rings. The van der Waals surface area contributed by atoms with Crippen molar-refractivity contribution < 1.29 is 13.9 Å². The fraction of sp³-hybridized carbons (Fsp3) is 0.316. The number of benzene rings is 2. The van der Waals surface area contributed by atoms with Crippen LogP contribution in [-0.2, 0) is 4.74 Å². The Morgan fingerprint density at radius 2 is 1.78 bits per heavy atom. The zero-order valence-corrected chi connectivity index (χ0v) is 13.5. The van der Waals surface area contributed by atoms with Crippen molar-refractivity contribution in [1.82, 2.24) is 4.90 Å². The second-order valence-corrected chi connectivity index (χ2v) is 5.44. The summed E-state index contributed by atoms with van der Waals surface area (Å²) in [6.45, 7) is 7.26. The number of carbonyl (C=O) groups excluding carboxylic acids is 1. The molecule has 0 amide bonds. The molecule has 0 bridgehead atoms. The van der Waals surface area contributed by atoms with E-state index in [0.29, 0.717) is 17.8 Å². The molecule has 0 saturated carbocycles. The Kier molecular flexibility index (Phi) is 4.63. The highest BCUT2D eigenvalue weighted by atomic mass is 16.5. The SMILES string of the molecule is CCN(CC)CCOC(=O)c1cccc2oc3ccccc3c12. The summed E-state index contributed by atoms with van der Waals surface area (Å²) in [5.41, 5.74) is 2.06. The van der Waals surface area contributed by atoms with Gasteiger partial charge >= 0.3 is 5.97 Å². The molecule has 23 heavy (non-hydrogen) atoms. The predicted molar refractivity (Wildman–Crippen MR) is 91.8 cm³/mol. The molecular formula is C19H21NO3. The van der Waals surface area contributed by atoms with E-state index in [-0.39, 0.29) is 5.97 Å². The molecule has 4 heteroatoms. The molecule has 0 unspecified atom stereocenters. The number of likely N-dealkylation sites (N-methyl/N-ethyl adjacent to an activating group) is 1. The molecule has 0 aliphatic rings. The number of ether oxygens (including phenoxy) is 1. The van der Waals surface area contributed by atoms with Gasteiger partial charge in [-0.3, -0.25) is 0 Å². The molecule has 3 rings (SSSR count). The van der Waals surface area contributed by atoms with Crippen LogP contribution in [0.4, 0.5) is 0 Å². The molecule has 0 aliphatic carbocycles. The first kappa shape index (κ1) is 15.6. The van der Waals surface area contributed by atoms with Gasteiger partial charge in [-0.1, -0.05) is 38.1 Å². The number of nitrogens with zero attached hydrogens (tertiary/aromatic N) is 1. The van der Waals surface area contributed by atoms with Gasteiger partial charge in [0, 0.05) is 17.3 Å². The van der Waals surface area contributed by atoms with E-state index in [2.05, 4.69) is 18.7 Å². The van der Waals surface area contributed by atoms with Crippen LogP contribution in [0.3, 0.4) is 0 Å². The number of para-hydroxylation sites is 1. The number of fused-ring (bicyclic) bond motifs is 3. The molecular weight excluding hydrogens is 290 g/mol. The van der Waals surface area contributed by atoms with Gasteiger partial charge in [-0.05, 0) is 31.3 Å². The Hall–Kier alpha value is -2.33. The lowest BCUT2D eigenvalue weighted by molar-refractivity contribution is 0.0469. The molecule has 0 spiro atoms. The van der Waals surface area contributed by atoms with Crippen molar-refractivity contribution in [1.29, 1.82) is 0 Å². The van der Waals surface area contributed by atoms with Crippen molar-refractivity contribution in [2.24, 2.45) is 0 Å². The normalized spacial score (nSPS) is 11.4. The third-order valence-corrected chi connectivity index (χ3v) is 4.16. The van der Waals surface area contributed by atoms with Crippen molar-refractivity contribution in [2.45, 2.75) is 13.8 Å². The molecule has 0 aliphatic heterocycles. The molecule has 0 atom stereocenters. The van der Waals surface area contributed by atoms with E-state index in [4.69, 9.17) is 9.15 Å². The van der Waals surface area contributed by atoms with Crippen LogP contribution in [0.15, 0.2) is 46.9 Å². The zero-order chi connectivity index (χ0) is 16.2. The molecule has 3 aromatic rings. The minimum atomic E-state index is -0.297. The number of furan rings is 1. The lowest BCUT2D eigenvalue weighted by atomic mass is 10.1. The zero-order valence-electron chi connectivity index (χ0n) is 13.5. The first-order valence-corrected chi connectivity index (χ1v) is 8.04. The minimum Gasteiger partial charge on any atom is -0.461 e. The van der Waals surface area contributed by atoms with Crippen LogP contribution in [0.5, 0.6) is 0 Å². The van der Waals surface area contributed by atoms with Crippen molar-refractivity contribution in [3.05, 3.63) is 48.0 Å². The maximum Gasteiger partial charge on any atom is 0.338 e. The first-order chi connectivity index (χ1) is 11.2. The van der Waals surface area contributed by atoms with Gasteiger partial charge in [0.25, 0.3) is 0 Å². The van der Waals surface area contributed by atoms with Gasteiger partial charge in [0.2, 0.25) is 0 Å². The van der Waals surface area contributed by atoms with Gasteiger partial charge in [-0.25, -0.2) is 4.79 Å². The molecule has 0 radical (unpaired) electrons. The number of rotatable bonds is 6. The number of hydrogen-bond acceptors (Lipinski definition) is 4. The maximum atomic E-state index is 12.5. The summed E-state index contributed by atoms with van der Waals surface area (Å²) in [6, 6.07) is 13.2. The Morgan fingerprint density at radius 3 is 2.57 bits per heavy atom.